The Labute approximate surface area is 114 Å². The second-order valence-corrected chi connectivity index (χ2v) is 5.19. The molecule has 1 saturated carbocycles. The summed E-state index contributed by atoms with van der Waals surface area (Å²) in [7, 11) is 1.96. The highest BCUT2D eigenvalue weighted by molar-refractivity contribution is 5.92. The van der Waals surface area contributed by atoms with Crippen molar-refractivity contribution in [1.29, 1.82) is 0 Å². The summed E-state index contributed by atoms with van der Waals surface area (Å²) in [6.07, 6.45) is 2.36. The average Bonchev–Trinajstić information content (AvgIpc) is 2.35. The first-order valence-corrected chi connectivity index (χ1v) is 6.80. The standard InChI is InChI=1S/C15H22N2O2/c1-11-5-3-4-6-14(11)17-15(18)10-19-13-7-12(8-13)9-16-2/h3-6,12-13,16H,7-10H2,1-2H3,(H,17,18). The summed E-state index contributed by atoms with van der Waals surface area (Å²) < 4.78 is 5.59. The summed E-state index contributed by atoms with van der Waals surface area (Å²) in [6.45, 7) is 3.16. The molecule has 2 N–H and O–H groups in total. The van der Waals surface area contributed by atoms with Gasteiger partial charge in [0.15, 0.2) is 0 Å². The van der Waals surface area contributed by atoms with Crippen LogP contribution in [0.2, 0.25) is 0 Å². The molecule has 1 amide bonds. The van der Waals surface area contributed by atoms with E-state index in [1.807, 2.05) is 38.2 Å². The van der Waals surface area contributed by atoms with Crippen molar-refractivity contribution < 1.29 is 9.53 Å². The molecule has 104 valence electrons. The lowest BCUT2D eigenvalue weighted by Gasteiger charge is -2.34. The van der Waals surface area contributed by atoms with Crippen LogP contribution >= 0.6 is 0 Å². The Kier molecular flexibility index (Phi) is 4.93. The largest absolute Gasteiger partial charge is 0.368 e. The summed E-state index contributed by atoms with van der Waals surface area (Å²) in [4.78, 5) is 11.8. The molecular weight excluding hydrogens is 240 g/mol. The van der Waals surface area contributed by atoms with Crippen molar-refractivity contribution in [2.45, 2.75) is 25.9 Å². The lowest BCUT2D eigenvalue weighted by atomic mass is 9.82. The van der Waals surface area contributed by atoms with Crippen molar-refractivity contribution in [3.8, 4) is 0 Å². The van der Waals surface area contributed by atoms with E-state index < -0.39 is 0 Å². The van der Waals surface area contributed by atoms with Gasteiger partial charge in [-0.05, 0) is 50.9 Å². The normalized spacial score (nSPS) is 21.8. The Morgan fingerprint density at radius 3 is 2.79 bits per heavy atom. The fraction of sp³-hybridized carbons (Fsp3) is 0.533. The number of hydrogen-bond donors (Lipinski definition) is 2. The fourth-order valence-corrected chi connectivity index (χ4v) is 2.36. The van der Waals surface area contributed by atoms with Gasteiger partial charge in [-0.3, -0.25) is 4.79 Å². The third kappa shape index (κ3) is 4.04. The third-order valence-corrected chi connectivity index (χ3v) is 3.55. The van der Waals surface area contributed by atoms with Gasteiger partial charge < -0.3 is 15.4 Å². The van der Waals surface area contributed by atoms with Gasteiger partial charge >= 0.3 is 0 Å². The van der Waals surface area contributed by atoms with E-state index in [2.05, 4.69) is 10.6 Å². The van der Waals surface area contributed by atoms with Crippen LogP contribution in [0.5, 0.6) is 0 Å². The van der Waals surface area contributed by atoms with Gasteiger partial charge in [0.25, 0.3) is 0 Å². The van der Waals surface area contributed by atoms with Crippen molar-refractivity contribution in [3.63, 3.8) is 0 Å². The summed E-state index contributed by atoms with van der Waals surface area (Å²) in [5.41, 5.74) is 1.92. The molecule has 0 bridgehead atoms. The van der Waals surface area contributed by atoms with E-state index in [-0.39, 0.29) is 18.6 Å². The number of para-hydroxylation sites is 1. The third-order valence-electron chi connectivity index (χ3n) is 3.55. The Morgan fingerprint density at radius 1 is 1.37 bits per heavy atom. The van der Waals surface area contributed by atoms with Crippen molar-refractivity contribution >= 4 is 11.6 Å². The zero-order valence-electron chi connectivity index (χ0n) is 11.6. The molecule has 0 aliphatic heterocycles. The fourth-order valence-electron chi connectivity index (χ4n) is 2.36. The Balaban J connectivity index is 1.67. The van der Waals surface area contributed by atoms with E-state index >= 15 is 0 Å². The molecule has 0 heterocycles. The molecule has 0 spiro atoms. The van der Waals surface area contributed by atoms with Gasteiger partial charge in [0.1, 0.15) is 6.61 Å². The average molecular weight is 262 g/mol. The molecular formula is C15H22N2O2. The Bertz CT molecular complexity index is 428. The van der Waals surface area contributed by atoms with Crippen LogP contribution in [0.3, 0.4) is 0 Å². The summed E-state index contributed by atoms with van der Waals surface area (Å²) in [5, 5.41) is 6.03. The van der Waals surface area contributed by atoms with Gasteiger partial charge in [0.2, 0.25) is 5.91 Å². The number of benzene rings is 1. The van der Waals surface area contributed by atoms with Gasteiger partial charge in [-0.25, -0.2) is 0 Å². The minimum absolute atomic E-state index is 0.0774. The van der Waals surface area contributed by atoms with Gasteiger partial charge in [0.05, 0.1) is 6.10 Å². The van der Waals surface area contributed by atoms with E-state index in [4.69, 9.17) is 4.74 Å². The second kappa shape index (κ2) is 6.68. The monoisotopic (exact) mass is 262 g/mol. The molecule has 2 rings (SSSR count). The van der Waals surface area contributed by atoms with Gasteiger partial charge in [0, 0.05) is 5.69 Å². The number of hydrogen-bond acceptors (Lipinski definition) is 3. The number of amides is 1. The van der Waals surface area contributed by atoms with E-state index in [0.717, 1.165) is 30.6 Å². The summed E-state index contributed by atoms with van der Waals surface area (Å²) >= 11 is 0. The van der Waals surface area contributed by atoms with Crippen LogP contribution in [0.4, 0.5) is 5.69 Å². The first-order valence-electron chi connectivity index (χ1n) is 6.80. The molecule has 1 aromatic rings. The van der Waals surface area contributed by atoms with Crippen molar-refractivity contribution in [2.75, 3.05) is 25.5 Å². The number of carbonyl (C=O) groups is 1. The predicted octanol–water partition coefficient (Wildman–Crippen LogP) is 1.95. The second-order valence-electron chi connectivity index (χ2n) is 5.19. The number of anilines is 1. The summed E-state index contributed by atoms with van der Waals surface area (Å²) in [5.74, 6) is 0.626. The maximum Gasteiger partial charge on any atom is 0.250 e. The molecule has 0 unspecified atom stereocenters. The zero-order chi connectivity index (χ0) is 13.7. The first-order chi connectivity index (χ1) is 9.19. The molecule has 19 heavy (non-hydrogen) atoms. The van der Waals surface area contributed by atoms with Gasteiger partial charge in [-0.1, -0.05) is 18.2 Å². The van der Waals surface area contributed by atoms with Crippen LogP contribution in [0, 0.1) is 12.8 Å². The number of carbonyl (C=O) groups excluding carboxylic acids is 1. The number of aryl methyl sites for hydroxylation is 1. The lowest BCUT2D eigenvalue weighted by molar-refractivity contribution is -0.125. The molecule has 1 fully saturated rings. The molecule has 1 aliphatic carbocycles. The van der Waals surface area contributed by atoms with Crippen LogP contribution in [0.15, 0.2) is 24.3 Å². The zero-order valence-corrected chi connectivity index (χ0v) is 11.6. The molecule has 0 saturated heterocycles. The molecule has 0 atom stereocenters. The predicted molar refractivity (Wildman–Crippen MR) is 76.2 cm³/mol. The van der Waals surface area contributed by atoms with Gasteiger partial charge in [-0.15, -0.1) is 0 Å². The summed E-state index contributed by atoms with van der Waals surface area (Å²) in [6, 6.07) is 7.75. The highest BCUT2D eigenvalue weighted by atomic mass is 16.5. The molecule has 1 aliphatic rings. The van der Waals surface area contributed by atoms with E-state index in [1.165, 1.54) is 0 Å². The number of rotatable bonds is 6. The molecule has 4 heteroatoms. The van der Waals surface area contributed by atoms with Crippen molar-refractivity contribution in [3.05, 3.63) is 29.8 Å². The van der Waals surface area contributed by atoms with E-state index in [1.54, 1.807) is 0 Å². The topological polar surface area (TPSA) is 50.4 Å². The number of nitrogens with one attached hydrogen (secondary N) is 2. The van der Waals surface area contributed by atoms with Crippen LogP contribution in [0.25, 0.3) is 0 Å². The van der Waals surface area contributed by atoms with Crippen LogP contribution < -0.4 is 10.6 Å². The highest BCUT2D eigenvalue weighted by Gasteiger charge is 2.29. The van der Waals surface area contributed by atoms with Crippen LogP contribution in [-0.4, -0.2) is 32.2 Å². The maximum atomic E-state index is 11.8. The Hall–Kier alpha value is -1.39. The molecule has 0 radical (unpaired) electrons. The molecule has 4 nitrogen and oxygen atoms in total. The Morgan fingerprint density at radius 2 is 2.11 bits per heavy atom. The quantitative estimate of drug-likeness (QED) is 0.824. The maximum absolute atomic E-state index is 11.8. The van der Waals surface area contributed by atoms with Crippen LogP contribution in [0.1, 0.15) is 18.4 Å². The first kappa shape index (κ1) is 14.0. The lowest BCUT2D eigenvalue weighted by Crippen LogP contribution is -2.38. The van der Waals surface area contributed by atoms with E-state index in [0.29, 0.717) is 5.92 Å². The SMILES string of the molecule is CNCC1CC(OCC(=O)Nc2ccccc2C)C1. The number of ether oxygens (including phenoxy) is 1. The van der Waals surface area contributed by atoms with Crippen molar-refractivity contribution in [1.82, 2.24) is 5.32 Å². The smallest absolute Gasteiger partial charge is 0.250 e. The minimum atomic E-state index is -0.0774. The molecule has 1 aromatic carbocycles. The highest BCUT2D eigenvalue weighted by Crippen LogP contribution is 2.29. The molecule has 0 aromatic heterocycles. The van der Waals surface area contributed by atoms with E-state index in [9.17, 15) is 4.79 Å². The van der Waals surface area contributed by atoms with Gasteiger partial charge in [-0.2, -0.15) is 0 Å². The van der Waals surface area contributed by atoms with Crippen LogP contribution in [-0.2, 0) is 9.53 Å². The van der Waals surface area contributed by atoms with Crippen molar-refractivity contribution in [2.24, 2.45) is 5.92 Å². The minimum Gasteiger partial charge on any atom is -0.368 e.